The van der Waals surface area contributed by atoms with E-state index in [2.05, 4.69) is 0 Å². The standard InChI is InChI=1S/C11H13ClFNO2S/c1-2-3-4-16-11(15)17-10-6-9(14)8(13)5-7(10)12/h5-6H,2-4,14H2,1H3. The molecule has 1 rings (SSSR count). The molecule has 0 fully saturated rings. The Morgan fingerprint density at radius 2 is 2.29 bits per heavy atom. The summed E-state index contributed by atoms with van der Waals surface area (Å²) in [4.78, 5) is 11.8. The highest BCUT2D eigenvalue weighted by Gasteiger charge is 2.12. The Labute approximate surface area is 108 Å². The molecular formula is C11H13ClFNO2S. The first-order chi connectivity index (χ1) is 8.04. The summed E-state index contributed by atoms with van der Waals surface area (Å²) in [5.74, 6) is -0.598. The fourth-order valence-electron chi connectivity index (χ4n) is 1.04. The molecule has 0 bridgehead atoms. The topological polar surface area (TPSA) is 52.3 Å². The van der Waals surface area contributed by atoms with Crippen LogP contribution in [0.25, 0.3) is 0 Å². The van der Waals surface area contributed by atoms with Crippen LogP contribution >= 0.6 is 23.4 Å². The Morgan fingerprint density at radius 3 is 2.94 bits per heavy atom. The van der Waals surface area contributed by atoms with E-state index in [9.17, 15) is 9.18 Å². The molecule has 0 aliphatic carbocycles. The monoisotopic (exact) mass is 277 g/mol. The summed E-state index contributed by atoms with van der Waals surface area (Å²) in [6.45, 7) is 2.37. The van der Waals surface area contributed by atoms with E-state index in [0.717, 1.165) is 30.7 Å². The number of nitrogen functional groups attached to an aromatic ring is 1. The Bertz CT molecular complexity index is 415. The van der Waals surface area contributed by atoms with Gasteiger partial charge in [-0.25, -0.2) is 9.18 Å². The average molecular weight is 278 g/mol. The molecule has 17 heavy (non-hydrogen) atoms. The number of thioether (sulfide) groups is 1. The van der Waals surface area contributed by atoms with Crippen LogP contribution < -0.4 is 5.73 Å². The van der Waals surface area contributed by atoms with Crippen molar-refractivity contribution in [3.8, 4) is 0 Å². The van der Waals surface area contributed by atoms with Gasteiger partial charge in [-0.05, 0) is 30.3 Å². The second-order valence-corrected chi connectivity index (χ2v) is 4.74. The van der Waals surface area contributed by atoms with Gasteiger partial charge in [-0.2, -0.15) is 0 Å². The summed E-state index contributed by atoms with van der Waals surface area (Å²) >= 11 is 6.59. The van der Waals surface area contributed by atoms with E-state index < -0.39 is 11.1 Å². The van der Waals surface area contributed by atoms with Crippen LogP contribution in [0.4, 0.5) is 14.9 Å². The van der Waals surface area contributed by atoms with Gasteiger partial charge in [0.25, 0.3) is 0 Å². The van der Waals surface area contributed by atoms with E-state index in [1.165, 1.54) is 6.07 Å². The summed E-state index contributed by atoms with van der Waals surface area (Å²) in [5.41, 5.74) is 5.34. The third-order valence-corrected chi connectivity index (χ3v) is 3.23. The largest absolute Gasteiger partial charge is 0.457 e. The van der Waals surface area contributed by atoms with Crippen molar-refractivity contribution in [1.82, 2.24) is 0 Å². The van der Waals surface area contributed by atoms with Crippen molar-refractivity contribution < 1.29 is 13.9 Å². The molecule has 0 aliphatic rings. The van der Waals surface area contributed by atoms with Gasteiger partial charge in [0.1, 0.15) is 5.82 Å². The highest BCUT2D eigenvalue weighted by atomic mass is 35.5. The molecule has 2 N–H and O–H groups in total. The molecule has 0 saturated carbocycles. The molecule has 0 heterocycles. The predicted octanol–water partition coefficient (Wildman–Crippen LogP) is 4.09. The Kier molecular flexibility index (Phi) is 5.58. The SMILES string of the molecule is CCCCOC(=O)Sc1cc(N)c(F)cc1Cl. The van der Waals surface area contributed by atoms with E-state index >= 15 is 0 Å². The number of nitrogens with two attached hydrogens (primary N) is 1. The minimum Gasteiger partial charge on any atom is -0.457 e. The van der Waals surface area contributed by atoms with Gasteiger partial charge in [0.2, 0.25) is 0 Å². The second kappa shape index (κ2) is 6.71. The van der Waals surface area contributed by atoms with E-state index in [0.29, 0.717) is 11.5 Å². The zero-order valence-electron chi connectivity index (χ0n) is 9.33. The minimum atomic E-state index is -0.598. The van der Waals surface area contributed by atoms with Crippen LogP contribution in [0.2, 0.25) is 5.02 Å². The molecule has 0 unspecified atom stereocenters. The Hall–Kier alpha value is -0.940. The zero-order valence-corrected chi connectivity index (χ0v) is 10.9. The minimum absolute atomic E-state index is 0.0433. The van der Waals surface area contributed by atoms with Crippen molar-refractivity contribution in [2.24, 2.45) is 0 Å². The van der Waals surface area contributed by atoms with Gasteiger partial charge in [-0.1, -0.05) is 24.9 Å². The number of hydrogen-bond donors (Lipinski definition) is 1. The summed E-state index contributed by atoms with van der Waals surface area (Å²) < 4.78 is 18.0. The van der Waals surface area contributed by atoms with Gasteiger partial charge in [0, 0.05) is 4.90 Å². The van der Waals surface area contributed by atoms with Gasteiger partial charge < -0.3 is 10.5 Å². The van der Waals surface area contributed by atoms with E-state index in [-0.39, 0.29) is 10.7 Å². The van der Waals surface area contributed by atoms with Crippen LogP contribution in [0.1, 0.15) is 19.8 Å². The lowest BCUT2D eigenvalue weighted by molar-refractivity contribution is 0.173. The molecular weight excluding hydrogens is 265 g/mol. The highest BCUT2D eigenvalue weighted by molar-refractivity contribution is 8.13. The maximum absolute atomic E-state index is 13.0. The number of carbonyl (C=O) groups is 1. The molecule has 0 atom stereocenters. The smallest absolute Gasteiger partial charge is 0.372 e. The molecule has 1 aromatic rings. The number of halogens is 2. The summed E-state index contributed by atoms with van der Waals surface area (Å²) in [6.07, 6.45) is 1.76. The highest BCUT2D eigenvalue weighted by Crippen LogP contribution is 2.31. The van der Waals surface area contributed by atoms with Gasteiger partial charge >= 0.3 is 5.30 Å². The Morgan fingerprint density at radius 1 is 1.59 bits per heavy atom. The Balaban J connectivity index is 2.62. The molecule has 0 amide bonds. The maximum atomic E-state index is 13.0. The van der Waals surface area contributed by atoms with E-state index in [1.54, 1.807) is 0 Å². The third kappa shape index (κ3) is 4.44. The lowest BCUT2D eigenvalue weighted by Gasteiger charge is -2.06. The molecule has 94 valence electrons. The molecule has 0 saturated heterocycles. The number of carbonyl (C=O) groups excluding carboxylic acids is 1. The fourth-order valence-corrected chi connectivity index (χ4v) is 1.97. The number of unbranched alkanes of at least 4 members (excludes halogenated alkanes) is 1. The molecule has 0 aliphatic heterocycles. The van der Waals surface area contributed by atoms with Crippen molar-refractivity contribution in [2.75, 3.05) is 12.3 Å². The molecule has 0 spiro atoms. The first kappa shape index (κ1) is 14.1. The summed E-state index contributed by atoms with van der Waals surface area (Å²) in [6, 6.07) is 2.40. The quantitative estimate of drug-likeness (QED) is 0.390. The van der Waals surface area contributed by atoms with Crippen molar-refractivity contribution in [1.29, 1.82) is 0 Å². The van der Waals surface area contributed by atoms with Crippen LogP contribution in [-0.2, 0) is 4.74 Å². The first-order valence-electron chi connectivity index (χ1n) is 5.13. The van der Waals surface area contributed by atoms with Crippen molar-refractivity contribution in [3.05, 3.63) is 23.0 Å². The van der Waals surface area contributed by atoms with Crippen LogP contribution in [0.3, 0.4) is 0 Å². The number of benzene rings is 1. The van der Waals surface area contributed by atoms with Crippen molar-refractivity contribution >= 4 is 34.4 Å². The molecule has 0 aromatic heterocycles. The molecule has 6 heteroatoms. The normalized spacial score (nSPS) is 10.3. The average Bonchev–Trinajstić information content (AvgIpc) is 2.26. The van der Waals surface area contributed by atoms with E-state index in [4.69, 9.17) is 22.1 Å². The van der Waals surface area contributed by atoms with Gasteiger partial charge in [0.05, 0.1) is 17.3 Å². The number of ether oxygens (including phenoxy) is 1. The third-order valence-electron chi connectivity index (χ3n) is 1.96. The molecule has 3 nitrogen and oxygen atoms in total. The lowest BCUT2D eigenvalue weighted by Crippen LogP contribution is -2.00. The van der Waals surface area contributed by atoms with Crippen LogP contribution in [-0.4, -0.2) is 11.9 Å². The lowest BCUT2D eigenvalue weighted by atomic mass is 10.3. The van der Waals surface area contributed by atoms with Gasteiger partial charge in [-0.3, -0.25) is 0 Å². The second-order valence-electron chi connectivity index (χ2n) is 3.36. The van der Waals surface area contributed by atoms with Gasteiger partial charge in [-0.15, -0.1) is 0 Å². The predicted molar refractivity (Wildman–Crippen MR) is 67.9 cm³/mol. The number of hydrogen-bond acceptors (Lipinski definition) is 4. The summed E-state index contributed by atoms with van der Waals surface area (Å²) in [5, 5.41) is -0.319. The van der Waals surface area contributed by atoms with Crippen molar-refractivity contribution in [2.45, 2.75) is 24.7 Å². The zero-order chi connectivity index (χ0) is 12.8. The summed E-state index contributed by atoms with van der Waals surface area (Å²) in [7, 11) is 0. The fraction of sp³-hybridized carbons (Fsp3) is 0.364. The van der Waals surface area contributed by atoms with Crippen LogP contribution in [0.15, 0.2) is 17.0 Å². The first-order valence-corrected chi connectivity index (χ1v) is 6.33. The van der Waals surface area contributed by atoms with Crippen molar-refractivity contribution in [3.63, 3.8) is 0 Å². The maximum Gasteiger partial charge on any atom is 0.372 e. The molecule has 1 aromatic carbocycles. The van der Waals surface area contributed by atoms with Crippen LogP contribution in [0.5, 0.6) is 0 Å². The van der Waals surface area contributed by atoms with Gasteiger partial charge in [0.15, 0.2) is 0 Å². The number of anilines is 1. The van der Waals surface area contributed by atoms with Crippen LogP contribution in [0, 0.1) is 5.82 Å². The number of rotatable bonds is 4. The molecule has 0 radical (unpaired) electrons. The van der Waals surface area contributed by atoms with E-state index in [1.807, 2.05) is 6.92 Å².